The van der Waals surface area contributed by atoms with Crippen molar-refractivity contribution < 1.29 is 41.8 Å². The number of nitrogens with zero attached hydrogens (tertiary/aromatic N) is 8. The van der Waals surface area contributed by atoms with Crippen molar-refractivity contribution in [3.63, 3.8) is 0 Å². The Morgan fingerprint density at radius 2 is 1.67 bits per heavy atom. The van der Waals surface area contributed by atoms with Crippen molar-refractivity contribution in [1.82, 2.24) is 45.3 Å². The highest BCUT2D eigenvalue weighted by Gasteiger charge is 2.51. The Balaban J connectivity index is 0.888. The van der Waals surface area contributed by atoms with Crippen molar-refractivity contribution in [3.05, 3.63) is 41.7 Å². The quantitative estimate of drug-likeness (QED) is 0.164. The minimum atomic E-state index is -4.56. The summed E-state index contributed by atoms with van der Waals surface area (Å²) >= 11 is 0. The van der Waals surface area contributed by atoms with Gasteiger partial charge in [-0.2, -0.15) is 13.2 Å². The molecule has 12 rings (SSSR count). The van der Waals surface area contributed by atoms with Crippen LogP contribution in [0.5, 0.6) is 0 Å². The molecule has 2 saturated carbocycles. The van der Waals surface area contributed by atoms with E-state index in [-0.39, 0.29) is 60.5 Å². The summed E-state index contributed by atoms with van der Waals surface area (Å²) in [5.74, 6) is -0.876. The maximum Gasteiger partial charge on any atom is 0.406 e. The zero-order valence-electron chi connectivity index (χ0n) is 46.8. The molecule has 430 valence electrons. The third-order valence-corrected chi connectivity index (χ3v) is 19.0. The molecule has 79 heavy (non-hydrogen) atoms. The fourth-order valence-electron chi connectivity index (χ4n) is 14.6. The highest BCUT2D eigenvalue weighted by molar-refractivity contribution is 5.95. The van der Waals surface area contributed by atoms with Crippen molar-refractivity contribution in [2.24, 2.45) is 16.7 Å². The first-order chi connectivity index (χ1) is 37.9. The van der Waals surface area contributed by atoms with E-state index < -0.39 is 48.3 Å². The summed E-state index contributed by atoms with van der Waals surface area (Å²) in [7, 11) is 0. The number of likely N-dealkylation sites (tertiary alicyclic amines) is 2. The first-order valence-corrected chi connectivity index (χ1v) is 29.8. The number of esters is 1. The molecule has 3 aromatic rings. The van der Waals surface area contributed by atoms with Gasteiger partial charge in [-0.3, -0.25) is 39.0 Å². The van der Waals surface area contributed by atoms with Gasteiger partial charge in [-0.15, -0.1) is 0 Å². The van der Waals surface area contributed by atoms with Gasteiger partial charge < -0.3 is 39.4 Å². The van der Waals surface area contributed by atoms with E-state index in [1.807, 2.05) is 57.0 Å². The Bertz CT molecular complexity index is 2790. The van der Waals surface area contributed by atoms with Crippen LogP contribution in [0, 0.1) is 16.7 Å². The maximum atomic E-state index is 15.2. The molecule has 7 aliphatic heterocycles. The van der Waals surface area contributed by atoms with Gasteiger partial charge in [0, 0.05) is 117 Å². The second kappa shape index (κ2) is 21.7. The summed E-state index contributed by atoms with van der Waals surface area (Å²) in [6, 6.07) is 6.06. The predicted octanol–water partition coefficient (Wildman–Crippen LogP) is 5.83. The van der Waals surface area contributed by atoms with E-state index in [0.717, 1.165) is 101 Å². The molecule has 1 aromatic carbocycles. The number of carbonyl (C=O) groups is 4. The number of hydrogen-bond acceptors (Lipinski definition) is 13. The van der Waals surface area contributed by atoms with Crippen LogP contribution in [0.2, 0.25) is 0 Å². The number of aromatic nitrogens is 2. The van der Waals surface area contributed by atoms with E-state index in [1.54, 1.807) is 0 Å². The second-order valence-corrected chi connectivity index (χ2v) is 25.9. The van der Waals surface area contributed by atoms with Crippen LogP contribution in [0.3, 0.4) is 0 Å². The van der Waals surface area contributed by atoms with Crippen LogP contribution in [-0.2, 0) is 41.6 Å². The van der Waals surface area contributed by atoms with Crippen LogP contribution >= 0.6 is 0 Å². The fraction of sp³-hybridized carbons (Fsp3) is 0.712. The van der Waals surface area contributed by atoms with E-state index in [1.165, 1.54) is 22.4 Å². The molecule has 1 spiro atoms. The second-order valence-electron chi connectivity index (χ2n) is 25.9. The predicted molar refractivity (Wildman–Crippen MR) is 294 cm³/mol. The van der Waals surface area contributed by atoms with Gasteiger partial charge in [0.15, 0.2) is 0 Å². The number of pyridine rings is 1. The third kappa shape index (κ3) is 11.6. The first-order valence-electron chi connectivity index (χ1n) is 29.8. The smallest absolute Gasteiger partial charge is 0.406 e. The summed E-state index contributed by atoms with van der Waals surface area (Å²) in [5.41, 5.74) is 7.11. The van der Waals surface area contributed by atoms with Gasteiger partial charge in [-0.1, -0.05) is 40.5 Å². The minimum absolute atomic E-state index is 0.0279. The lowest BCUT2D eigenvalue weighted by Gasteiger charge is -2.39. The van der Waals surface area contributed by atoms with Gasteiger partial charge in [0.2, 0.25) is 11.8 Å². The molecule has 0 unspecified atom stereocenters. The van der Waals surface area contributed by atoms with E-state index in [0.29, 0.717) is 86.1 Å². The zero-order chi connectivity index (χ0) is 55.0. The molecule has 0 radical (unpaired) electrons. The Labute approximate surface area is 462 Å². The topological polar surface area (TPSA) is 170 Å². The number of amides is 3. The van der Waals surface area contributed by atoms with Crippen LogP contribution in [0.1, 0.15) is 115 Å². The van der Waals surface area contributed by atoms with Crippen molar-refractivity contribution >= 4 is 46.0 Å². The molecule has 2 aromatic heterocycles. The lowest BCUT2D eigenvalue weighted by Crippen LogP contribution is -2.62. The van der Waals surface area contributed by atoms with Crippen LogP contribution < -0.4 is 25.9 Å². The van der Waals surface area contributed by atoms with Crippen LogP contribution in [0.25, 0.3) is 22.2 Å². The molecule has 2 aliphatic carbocycles. The molecule has 17 nitrogen and oxygen atoms in total. The zero-order valence-corrected chi connectivity index (χ0v) is 46.8. The highest BCUT2D eigenvalue weighted by Crippen LogP contribution is 2.46. The number of anilines is 2. The van der Waals surface area contributed by atoms with Gasteiger partial charge >= 0.3 is 12.1 Å². The number of carbonyl (C=O) groups excluding carboxylic acids is 4. The Hall–Kier alpha value is -5.02. The number of halogens is 3. The number of cyclic esters (lactones) is 1. The number of hydrazine groups is 1. The molecule has 9 heterocycles. The normalized spacial score (nSPS) is 29.0. The highest BCUT2D eigenvalue weighted by atomic mass is 19.4. The lowest BCUT2D eigenvalue weighted by molar-refractivity contribution is -0.156. The van der Waals surface area contributed by atoms with Gasteiger partial charge in [0.25, 0.3) is 5.91 Å². The van der Waals surface area contributed by atoms with E-state index >= 15 is 22.8 Å². The summed E-state index contributed by atoms with van der Waals surface area (Å²) in [6.07, 6.45) is 6.38. The summed E-state index contributed by atoms with van der Waals surface area (Å²) in [6.45, 7) is 15.4. The standard InChI is InChI=1S/C59H82F3N11O6/c1-37(2)50-44(27-41(30-64-50)68-22-20-67(21-23-68)39-11-12-39)52-45-29-57(3,4)36-79-56(77)46-10-7-17-73(66-46)55(76)47(28-42-32-69(24-25-78-42)40-13-14-49(43(45)26-40)72(52)35-59(60,61)62)65-53(74)51(38-8-5-6-9-38)70-18-15-58(33-70)16-19-71(34-58)54(75)48-31-63-48/h13-14,26-27,30,37-39,42,46-48,51,63,66H,5-12,15-25,28-29,31-36H2,1-4H3,(H,65,74)/t42-,46-,47-,48+,51-,58-/m0/s1. The molecule has 3 amide bonds. The van der Waals surface area contributed by atoms with Crippen molar-refractivity contribution in [3.8, 4) is 11.3 Å². The summed E-state index contributed by atoms with van der Waals surface area (Å²) in [5, 5.41) is 8.63. The van der Waals surface area contributed by atoms with Gasteiger partial charge in [0.05, 0.1) is 54.7 Å². The third-order valence-electron chi connectivity index (χ3n) is 19.0. The average molecular weight is 1100 g/mol. The van der Waals surface area contributed by atoms with E-state index in [9.17, 15) is 9.59 Å². The van der Waals surface area contributed by atoms with Gasteiger partial charge in [0.1, 0.15) is 18.6 Å². The molecule has 9 aliphatic rings. The summed E-state index contributed by atoms with van der Waals surface area (Å²) < 4.78 is 59.7. The molecule has 6 saturated heterocycles. The number of rotatable bonds is 10. The lowest BCUT2D eigenvalue weighted by atomic mass is 9.84. The Kier molecular flexibility index (Phi) is 15.0. The van der Waals surface area contributed by atoms with Crippen molar-refractivity contribution in [1.29, 1.82) is 0 Å². The molecule has 8 fully saturated rings. The Morgan fingerprint density at radius 3 is 2.41 bits per heavy atom. The van der Waals surface area contributed by atoms with Crippen molar-refractivity contribution in [2.75, 3.05) is 102 Å². The van der Waals surface area contributed by atoms with Crippen molar-refractivity contribution in [2.45, 2.75) is 160 Å². The number of alkyl halides is 3. The van der Waals surface area contributed by atoms with E-state index in [4.69, 9.17) is 14.5 Å². The molecule has 3 N–H and O–H groups in total. The summed E-state index contributed by atoms with van der Waals surface area (Å²) in [4.78, 5) is 74.1. The van der Waals surface area contributed by atoms with Gasteiger partial charge in [-0.05, 0) is 106 Å². The van der Waals surface area contributed by atoms with E-state index in [2.05, 4.69) is 41.7 Å². The SMILES string of the molecule is CC(C)c1ncc(N2CCN(C3CC3)CC2)cc1-c1c2c3cc(ccc3n1CC(F)(F)F)N1CCO[C@@H](C[C@H](NC(=O)[C@H](C3CCCC3)N3CC[C@]4(CCN(C(=O)[C@H]5CN5)C4)C3)C(=O)N3CCC[C@H](N3)C(=O)OCC(C)(C)C2)C1. The molecule has 6 bridgehead atoms. The number of morpholine rings is 1. The Morgan fingerprint density at radius 1 is 0.899 bits per heavy atom. The van der Waals surface area contributed by atoms with Crippen LogP contribution in [-0.4, -0.2) is 187 Å². The van der Waals surface area contributed by atoms with Crippen LogP contribution in [0.15, 0.2) is 30.5 Å². The average Bonchev–Trinajstić information content (AvgIpc) is 4.40. The number of benzene rings is 1. The molecule has 6 atom stereocenters. The fourth-order valence-corrected chi connectivity index (χ4v) is 14.6. The number of fused-ring (bicyclic) bond motifs is 6. The number of hydrogen-bond donors (Lipinski definition) is 3. The van der Waals surface area contributed by atoms with Crippen LogP contribution in [0.4, 0.5) is 24.5 Å². The maximum absolute atomic E-state index is 15.2. The minimum Gasteiger partial charge on any atom is -0.464 e. The molecular formula is C59H82F3N11O6. The largest absolute Gasteiger partial charge is 0.464 e. The molecule has 20 heteroatoms. The monoisotopic (exact) mass is 1100 g/mol. The number of nitrogens with one attached hydrogen (secondary N) is 3. The number of ether oxygens (including phenoxy) is 2. The number of piperazine rings is 1. The first kappa shape index (κ1) is 54.6. The molecular weight excluding hydrogens is 1020 g/mol. The van der Waals surface area contributed by atoms with Gasteiger partial charge in [-0.25, -0.2) is 5.43 Å².